The van der Waals surface area contributed by atoms with Gasteiger partial charge in [0.2, 0.25) is 0 Å². The molecule has 0 bridgehead atoms. The summed E-state index contributed by atoms with van der Waals surface area (Å²) < 4.78 is 12.7. The summed E-state index contributed by atoms with van der Waals surface area (Å²) in [4.78, 5) is 8.36. The number of ether oxygens (including phenoxy) is 2. The van der Waals surface area contributed by atoms with Crippen LogP contribution in [0.15, 0.2) is 72.8 Å². The first kappa shape index (κ1) is 50.5. The number of nitrogens with zero attached hydrogens (tertiary/aromatic N) is 2. The van der Waals surface area contributed by atoms with Gasteiger partial charge in [0.1, 0.15) is 11.5 Å². The Kier molecular flexibility index (Phi) is 18.6. The maximum absolute atomic E-state index is 10.9. The average molecular weight is 919 g/mol. The second kappa shape index (κ2) is 24.2. The van der Waals surface area contributed by atoms with Gasteiger partial charge in [0.05, 0.1) is 31.9 Å². The predicted molar refractivity (Wildman–Crippen MR) is 285 cm³/mol. The van der Waals surface area contributed by atoms with E-state index in [2.05, 4.69) is 121 Å². The molecule has 0 aliphatic heterocycles. The van der Waals surface area contributed by atoms with Crippen LogP contribution < -0.4 is 9.47 Å². The highest BCUT2D eigenvalue weighted by atomic mass is 32.1. The zero-order valence-corrected chi connectivity index (χ0v) is 43.1. The Morgan fingerprint density at radius 2 is 1.29 bits per heavy atom. The van der Waals surface area contributed by atoms with Crippen LogP contribution in [-0.4, -0.2) is 13.7 Å². The fourth-order valence-corrected chi connectivity index (χ4v) is 12.0. The van der Waals surface area contributed by atoms with Gasteiger partial charge in [-0.2, -0.15) is 5.26 Å². The fraction of sp³-hybridized carbons (Fsp3) is 0.467. The smallest absolute Gasteiger partial charge is 0.199 e. The number of allylic oxidation sites excluding steroid dienone is 1. The number of rotatable bonds is 25. The molecule has 0 saturated carbocycles. The molecule has 2 heterocycles. The van der Waals surface area contributed by atoms with Crippen molar-refractivity contribution in [1.82, 2.24) is 0 Å². The standard InChI is InChI=1S/C60H74N2O2S2/c1-11-17-20-43(14-4)37-60(38-44(15-5)21-18-12-2)54-31-41(7)23-28-50(54)51-29-25-46(33-55(51)60)59-30-27-48(66-59)32-47(39-61)52-35-57(63-10)53(56(62-9)34-49-26-24-42(8)65-49)36-58(52)64-40-45(16-6)22-19-13-3/h23-36,43-45H,11-22,37-38,40H2,1-8,10H3/b47-32+,56-34-. The third-order valence-electron chi connectivity index (χ3n) is 14.2. The fourth-order valence-electron chi connectivity index (χ4n) is 10.3. The molecule has 1 aliphatic carbocycles. The van der Waals surface area contributed by atoms with Gasteiger partial charge in [-0.25, -0.2) is 4.85 Å². The minimum absolute atomic E-state index is 0.0382. The molecule has 6 heteroatoms. The van der Waals surface area contributed by atoms with Crippen molar-refractivity contribution in [1.29, 1.82) is 5.26 Å². The normalized spacial score (nSPS) is 16.0. The summed E-state index contributed by atoms with van der Waals surface area (Å²) in [6.45, 7) is 27.0. The first-order valence-corrected chi connectivity index (χ1v) is 26.7. The lowest BCUT2D eigenvalue weighted by molar-refractivity contribution is 0.232. The van der Waals surface area contributed by atoms with Gasteiger partial charge in [-0.05, 0) is 133 Å². The highest BCUT2D eigenvalue weighted by Crippen LogP contribution is 2.57. The second-order valence-electron chi connectivity index (χ2n) is 18.9. The van der Waals surface area contributed by atoms with Gasteiger partial charge in [-0.3, -0.25) is 0 Å². The van der Waals surface area contributed by atoms with E-state index in [0.717, 1.165) is 35.4 Å². The zero-order valence-electron chi connectivity index (χ0n) is 41.4. The number of fused-ring (bicyclic) bond motifs is 3. The van der Waals surface area contributed by atoms with Crippen molar-refractivity contribution in [2.75, 3.05) is 13.7 Å². The Balaban J connectivity index is 1.44. The number of benzene rings is 3. The molecule has 3 unspecified atom stereocenters. The quantitative estimate of drug-likeness (QED) is 0.0433. The van der Waals surface area contributed by atoms with Crippen molar-refractivity contribution >= 4 is 46.1 Å². The Bertz CT molecular complexity index is 2520. The van der Waals surface area contributed by atoms with E-state index < -0.39 is 0 Å². The number of hydrogen-bond acceptors (Lipinski definition) is 5. The van der Waals surface area contributed by atoms with Gasteiger partial charge in [0.15, 0.2) is 5.70 Å². The van der Waals surface area contributed by atoms with Gasteiger partial charge < -0.3 is 9.47 Å². The van der Waals surface area contributed by atoms with E-state index >= 15 is 0 Å². The van der Waals surface area contributed by atoms with E-state index in [9.17, 15) is 5.26 Å². The van der Waals surface area contributed by atoms with Crippen molar-refractivity contribution < 1.29 is 9.47 Å². The molecule has 3 aromatic carbocycles. The summed E-state index contributed by atoms with van der Waals surface area (Å²) in [6.07, 6.45) is 20.7. The summed E-state index contributed by atoms with van der Waals surface area (Å²) in [6, 6.07) is 29.4. The SMILES string of the molecule is [C-]#[N+]/C(=C\c1ccc(C)s1)c1cc(OCC(CC)CCCC)c(/C(C#N)=C/c2ccc(-c3ccc4c(c3)C(CC(CC)CCCC)(CC(CC)CCCC)c3cc(C)ccc3-4)s2)cc1OC. The summed E-state index contributed by atoms with van der Waals surface area (Å²) >= 11 is 3.38. The summed E-state index contributed by atoms with van der Waals surface area (Å²) in [5.74, 6) is 2.86. The maximum Gasteiger partial charge on any atom is 0.199 e. The van der Waals surface area contributed by atoms with Crippen LogP contribution in [0, 0.1) is 49.5 Å². The minimum Gasteiger partial charge on any atom is -0.497 e. The highest BCUT2D eigenvalue weighted by Gasteiger charge is 2.45. The largest absolute Gasteiger partial charge is 0.497 e. The van der Waals surface area contributed by atoms with Gasteiger partial charge >= 0.3 is 0 Å². The van der Waals surface area contributed by atoms with Gasteiger partial charge in [-0.1, -0.05) is 148 Å². The maximum atomic E-state index is 10.9. The van der Waals surface area contributed by atoms with Gasteiger partial charge in [-0.15, -0.1) is 22.7 Å². The van der Waals surface area contributed by atoms with Gasteiger partial charge in [0.25, 0.3) is 0 Å². The van der Waals surface area contributed by atoms with E-state index in [1.165, 1.54) is 102 Å². The summed E-state index contributed by atoms with van der Waals surface area (Å²) in [5, 5.41) is 10.9. The monoisotopic (exact) mass is 919 g/mol. The van der Waals surface area contributed by atoms with Crippen LogP contribution in [0.5, 0.6) is 11.5 Å². The molecule has 0 fully saturated rings. The number of nitriles is 1. The van der Waals surface area contributed by atoms with Crippen molar-refractivity contribution in [3.63, 3.8) is 0 Å². The molecular formula is C60H74N2O2S2. The van der Waals surface area contributed by atoms with Crippen LogP contribution in [0.1, 0.15) is 174 Å². The van der Waals surface area contributed by atoms with E-state index in [0.29, 0.717) is 58.3 Å². The molecular weight excluding hydrogens is 845 g/mol. The molecule has 2 aromatic heterocycles. The van der Waals surface area contributed by atoms with Crippen LogP contribution in [0.2, 0.25) is 0 Å². The third kappa shape index (κ3) is 11.8. The topological polar surface area (TPSA) is 46.6 Å². The van der Waals surface area contributed by atoms with Gasteiger partial charge in [0, 0.05) is 36.1 Å². The van der Waals surface area contributed by atoms with E-state index in [4.69, 9.17) is 16.0 Å². The molecule has 348 valence electrons. The van der Waals surface area contributed by atoms with Crippen molar-refractivity contribution in [3.8, 4) is 39.1 Å². The van der Waals surface area contributed by atoms with E-state index in [1.807, 2.05) is 30.4 Å². The van der Waals surface area contributed by atoms with Crippen LogP contribution in [0.3, 0.4) is 0 Å². The Morgan fingerprint density at radius 1 is 0.697 bits per heavy atom. The molecule has 3 atom stereocenters. The number of thiophene rings is 2. The molecule has 4 nitrogen and oxygen atoms in total. The van der Waals surface area contributed by atoms with Crippen LogP contribution in [0.25, 0.3) is 49.8 Å². The second-order valence-corrected chi connectivity index (χ2v) is 21.3. The molecule has 0 spiro atoms. The Morgan fingerprint density at radius 3 is 1.86 bits per heavy atom. The predicted octanol–water partition coefficient (Wildman–Crippen LogP) is 18.7. The molecule has 6 rings (SSSR count). The number of aryl methyl sites for hydroxylation is 2. The third-order valence-corrected chi connectivity index (χ3v) is 16.3. The Labute approximate surface area is 406 Å². The highest BCUT2D eigenvalue weighted by molar-refractivity contribution is 7.16. The van der Waals surface area contributed by atoms with Crippen molar-refractivity contribution in [2.45, 2.75) is 151 Å². The lowest BCUT2D eigenvalue weighted by Gasteiger charge is -2.39. The van der Waals surface area contributed by atoms with Crippen LogP contribution in [0.4, 0.5) is 0 Å². The number of unbranched alkanes of at least 4 members (excludes halogenated alkanes) is 3. The van der Waals surface area contributed by atoms with Crippen molar-refractivity contribution in [3.05, 3.63) is 127 Å². The first-order chi connectivity index (χ1) is 32.1. The lowest BCUT2D eigenvalue weighted by Crippen LogP contribution is -2.31. The van der Waals surface area contributed by atoms with E-state index in [1.54, 1.807) is 35.3 Å². The number of methoxy groups -OCH3 is 1. The minimum atomic E-state index is -0.0382. The summed E-state index contributed by atoms with van der Waals surface area (Å²) in [7, 11) is 1.63. The van der Waals surface area contributed by atoms with E-state index in [-0.39, 0.29) is 5.41 Å². The molecule has 1 aliphatic rings. The molecule has 66 heavy (non-hydrogen) atoms. The lowest BCUT2D eigenvalue weighted by atomic mass is 9.65. The van der Waals surface area contributed by atoms with Crippen molar-refractivity contribution in [2.24, 2.45) is 17.8 Å². The molecule has 0 radical (unpaired) electrons. The zero-order chi connectivity index (χ0) is 47.2. The molecule has 5 aromatic rings. The molecule has 0 saturated heterocycles. The summed E-state index contributed by atoms with van der Waals surface area (Å²) in [5.41, 5.74) is 10.7. The number of hydrogen-bond donors (Lipinski definition) is 0. The van der Waals surface area contributed by atoms with Crippen LogP contribution >= 0.6 is 22.7 Å². The average Bonchev–Trinajstić information content (AvgIpc) is 4.05. The molecule has 0 amide bonds. The first-order valence-electron chi connectivity index (χ1n) is 25.1. The Hall–Kier alpha value is -4.88. The molecule has 0 N–H and O–H groups in total. The van der Waals surface area contributed by atoms with Crippen LogP contribution in [-0.2, 0) is 5.41 Å².